The molecule has 4 nitrogen and oxygen atoms in total. The first-order valence-electron chi connectivity index (χ1n) is 8.25. The van der Waals surface area contributed by atoms with Crippen molar-refractivity contribution >= 4 is 5.91 Å². The van der Waals surface area contributed by atoms with Gasteiger partial charge in [-0.05, 0) is 57.3 Å². The van der Waals surface area contributed by atoms with Gasteiger partial charge >= 0.3 is 0 Å². The van der Waals surface area contributed by atoms with Crippen LogP contribution in [0.15, 0.2) is 0 Å². The Balaban J connectivity index is 1.78. The van der Waals surface area contributed by atoms with Gasteiger partial charge in [-0.25, -0.2) is 0 Å². The second-order valence-corrected chi connectivity index (χ2v) is 7.02. The summed E-state index contributed by atoms with van der Waals surface area (Å²) in [5.74, 6) is 1.34. The topological polar surface area (TPSA) is 44.4 Å². The average Bonchev–Trinajstić information content (AvgIpc) is 2.93. The van der Waals surface area contributed by atoms with E-state index in [4.69, 9.17) is 0 Å². The third kappa shape index (κ3) is 3.73. The molecular weight excluding hydrogens is 250 g/mol. The number of likely N-dealkylation sites (tertiary alicyclic amines) is 1. The molecule has 2 heterocycles. The Bertz CT molecular complexity index is 324. The molecule has 2 N–H and O–H groups in total. The van der Waals surface area contributed by atoms with Gasteiger partial charge in [0.15, 0.2) is 0 Å². The molecule has 2 atom stereocenters. The average molecular weight is 281 g/mol. The molecule has 2 aliphatic rings. The number of hydrogen-bond acceptors (Lipinski definition) is 3. The fourth-order valence-electron chi connectivity index (χ4n) is 3.48. The van der Waals surface area contributed by atoms with Gasteiger partial charge in [-0.15, -0.1) is 0 Å². The van der Waals surface area contributed by atoms with E-state index >= 15 is 0 Å². The summed E-state index contributed by atoms with van der Waals surface area (Å²) in [5.41, 5.74) is -0.254. The monoisotopic (exact) mass is 281 g/mol. The molecule has 4 heteroatoms. The van der Waals surface area contributed by atoms with Gasteiger partial charge in [0.25, 0.3) is 0 Å². The highest BCUT2D eigenvalue weighted by molar-refractivity contribution is 5.82. The van der Waals surface area contributed by atoms with Crippen LogP contribution < -0.4 is 10.6 Å². The molecule has 0 aromatic heterocycles. The lowest BCUT2D eigenvalue weighted by atomic mass is 9.74. The third-order valence-corrected chi connectivity index (χ3v) is 5.27. The van der Waals surface area contributed by atoms with Crippen LogP contribution in [0.25, 0.3) is 0 Å². The zero-order chi connectivity index (χ0) is 14.6. The summed E-state index contributed by atoms with van der Waals surface area (Å²) >= 11 is 0. The molecule has 1 amide bonds. The van der Waals surface area contributed by atoms with Crippen LogP contribution >= 0.6 is 0 Å². The summed E-state index contributed by atoms with van der Waals surface area (Å²) in [5, 5.41) is 6.63. The number of nitrogens with one attached hydrogen (secondary N) is 2. The summed E-state index contributed by atoms with van der Waals surface area (Å²) in [6.45, 7) is 12.8. The molecule has 20 heavy (non-hydrogen) atoms. The fraction of sp³-hybridized carbons (Fsp3) is 0.938. The molecule has 2 fully saturated rings. The summed E-state index contributed by atoms with van der Waals surface area (Å²) in [7, 11) is 0. The predicted molar refractivity (Wildman–Crippen MR) is 82.6 cm³/mol. The first kappa shape index (κ1) is 15.8. The van der Waals surface area contributed by atoms with Crippen molar-refractivity contribution in [3.05, 3.63) is 0 Å². The SMILES string of the molecule is CCN1CCC(CNC(=O)C(C)(C)C2CCCNC2)C1. The largest absolute Gasteiger partial charge is 0.355 e. The summed E-state index contributed by atoms with van der Waals surface area (Å²) < 4.78 is 0. The van der Waals surface area contributed by atoms with Crippen molar-refractivity contribution < 1.29 is 4.79 Å². The molecular formula is C16H31N3O. The van der Waals surface area contributed by atoms with Gasteiger partial charge in [0.1, 0.15) is 0 Å². The minimum atomic E-state index is -0.254. The number of nitrogens with zero attached hydrogens (tertiary/aromatic N) is 1. The number of amides is 1. The lowest BCUT2D eigenvalue weighted by Gasteiger charge is -2.36. The Hall–Kier alpha value is -0.610. The molecule has 2 saturated heterocycles. The Morgan fingerprint density at radius 1 is 1.40 bits per heavy atom. The first-order chi connectivity index (χ1) is 9.54. The van der Waals surface area contributed by atoms with Gasteiger partial charge in [0, 0.05) is 18.5 Å². The molecule has 0 aromatic carbocycles. The number of carbonyl (C=O) groups excluding carboxylic acids is 1. The number of carbonyl (C=O) groups is 1. The molecule has 0 radical (unpaired) electrons. The van der Waals surface area contributed by atoms with Gasteiger partial charge in [0.2, 0.25) is 5.91 Å². The van der Waals surface area contributed by atoms with E-state index in [1.807, 2.05) is 0 Å². The van der Waals surface area contributed by atoms with Crippen molar-refractivity contribution in [1.29, 1.82) is 0 Å². The molecule has 0 spiro atoms. The fourth-order valence-corrected chi connectivity index (χ4v) is 3.48. The van der Waals surface area contributed by atoms with Crippen molar-refractivity contribution in [3.8, 4) is 0 Å². The lowest BCUT2D eigenvalue weighted by Crippen LogP contribution is -2.48. The van der Waals surface area contributed by atoms with E-state index < -0.39 is 0 Å². The van der Waals surface area contributed by atoms with Gasteiger partial charge in [-0.3, -0.25) is 4.79 Å². The van der Waals surface area contributed by atoms with Gasteiger partial charge < -0.3 is 15.5 Å². The lowest BCUT2D eigenvalue weighted by molar-refractivity contribution is -0.132. The van der Waals surface area contributed by atoms with E-state index in [-0.39, 0.29) is 11.3 Å². The van der Waals surface area contributed by atoms with Crippen LogP contribution in [-0.2, 0) is 4.79 Å². The zero-order valence-corrected chi connectivity index (χ0v) is 13.4. The first-order valence-corrected chi connectivity index (χ1v) is 8.25. The quantitative estimate of drug-likeness (QED) is 0.802. The molecule has 0 bridgehead atoms. The smallest absolute Gasteiger partial charge is 0.225 e. The van der Waals surface area contributed by atoms with Crippen LogP contribution in [-0.4, -0.2) is 50.1 Å². The minimum Gasteiger partial charge on any atom is -0.355 e. The van der Waals surface area contributed by atoms with Gasteiger partial charge in [0.05, 0.1) is 0 Å². The number of piperidine rings is 1. The zero-order valence-electron chi connectivity index (χ0n) is 13.4. The van der Waals surface area contributed by atoms with Crippen molar-refractivity contribution in [3.63, 3.8) is 0 Å². The number of rotatable bonds is 5. The van der Waals surface area contributed by atoms with E-state index in [2.05, 4.69) is 36.3 Å². The standard InChI is InChI=1S/C16H31N3O/c1-4-19-9-7-13(12-19)10-18-15(20)16(2,3)14-6-5-8-17-11-14/h13-14,17H,4-12H2,1-3H3,(H,18,20). The highest BCUT2D eigenvalue weighted by atomic mass is 16.2. The Morgan fingerprint density at radius 2 is 2.20 bits per heavy atom. The molecule has 0 aromatic rings. The van der Waals surface area contributed by atoms with Gasteiger partial charge in [-0.2, -0.15) is 0 Å². The Kier molecular flexibility index (Phi) is 5.44. The Labute approximate surface area is 123 Å². The molecule has 0 saturated carbocycles. The summed E-state index contributed by atoms with van der Waals surface area (Å²) in [6, 6.07) is 0. The van der Waals surface area contributed by atoms with Crippen LogP contribution in [0.3, 0.4) is 0 Å². The maximum Gasteiger partial charge on any atom is 0.225 e. The maximum absolute atomic E-state index is 12.5. The molecule has 116 valence electrons. The second-order valence-electron chi connectivity index (χ2n) is 7.02. The molecule has 0 aliphatic carbocycles. The summed E-state index contributed by atoms with van der Waals surface area (Å²) in [6.07, 6.45) is 3.58. The highest BCUT2D eigenvalue weighted by Gasteiger charge is 2.37. The van der Waals surface area contributed by atoms with Crippen molar-refractivity contribution in [1.82, 2.24) is 15.5 Å². The third-order valence-electron chi connectivity index (χ3n) is 5.27. The molecule has 2 aliphatic heterocycles. The number of hydrogen-bond donors (Lipinski definition) is 2. The van der Waals surface area contributed by atoms with E-state index in [1.165, 1.54) is 25.8 Å². The van der Waals surface area contributed by atoms with E-state index in [0.29, 0.717) is 11.8 Å². The van der Waals surface area contributed by atoms with Crippen LogP contribution in [0, 0.1) is 17.3 Å². The molecule has 2 rings (SSSR count). The maximum atomic E-state index is 12.5. The van der Waals surface area contributed by atoms with Gasteiger partial charge in [-0.1, -0.05) is 20.8 Å². The van der Waals surface area contributed by atoms with Crippen molar-refractivity contribution in [2.24, 2.45) is 17.3 Å². The van der Waals surface area contributed by atoms with E-state index in [0.717, 1.165) is 32.7 Å². The Morgan fingerprint density at radius 3 is 2.80 bits per heavy atom. The van der Waals surface area contributed by atoms with Crippen LogP contribution in [0.2, 0.25) is 0 Å². The van der Waals surface area contributed by atoms with Crippen molar-refractivity contribution in [2.75, 3.05) is 39.3 Å². The second kappa shape index (κ2) is 6.90. The minimum absolute atomic E-state index is 0.237. The van der Waals surface area contributed by atoms with Crippen LogP contribution in [0.1, 0.15) is 40.0 Å². The molecule has 2 unspecified atom stereocenters. The van der Waals surface area contributed by atoms with Crippen LogP contribution in [0.5, 0.6) is 0 Å². The van der Waals surface area contributed by atoms with E-state index in [1.54, 1.807) is 0 Å². The normalized spacial score (nSPS) is 28.6. The van der Waals surface area contributed by atoms with E-state index in [9.17, 15) is 4.79 Å². The summed E-state index contributed by atoms with van der Waals surface area (Å²) in [4.78, 5) is 15.0. The van der Waals surface area contributed by atoms with Crippen LogP contribution in [0.4, 0.5) is 0 Å². The van der Waals surface area contributed by atoms with Crippen molar-refractivity contribution in [2.45, 2.75) is 40.0 Å². The highest BCUT2D eigenvalue weighted by Crippen LogP contribution is 2.32. The predicted octanol–water partition coefficient (Wildman–Crippen LogP) is 1.47.